The molecule has 0 aliphatic rings. The third-order valence-corrected chi connectivity index (χ3v) is 7.01. The molecule has 0 spiro atoms. The fraction of sp³-hybridized carbons (Fsp3) is 0.625. The van der Waals surface area contributed by atoms with E-state index in [0.717, 1.165) is 12.5 Å². The van der Waals surface area contributed by atoms with Crippen LogP contribution in [0.3, 0.4) is 0 Å². The van der Waals surface area contributed by atoms with Crippen LogP contribution in [0.15, 0.2) is 18.7 Å². The van der Waals surface area contributed by atoms with Crippen molar-refractivity contribution < 1.29 is 47.7 Å². The van der Waals surface area contributed by atoms with Crippen LogP contribution in [0.25, 0.3) is 0 Å². The smallest absolute Gasteiger partial charge is 0.240 e. The summed E-state index contributed by atoms with van der Waals surface area (Å²) in [6.07, 6.45) is 3.05. The normalized spacial score (nSPS) is 14.5. The molecule has 128 valence electrons. The average molecular weight is 375 g/mol. The van der Waals surface area contributed by atoms with Gasteiger partial charge in [0.1, 0.15) is 18.9 Å². The quantitative estimate of drug-likeness (QED) is 0.568. The van der Waals surface area contributed by atoms with Crippen LogP contribution in [0, 0.1) is 0 Å². The van der Waals surface area contributed by atoms with Gasteiger partial charge in [0.15, 0.2) is 0 Å². The minimum atomic E-state index is -6.61. The molecule has 0 unspecified atom stereocenters. The molecule has 6 nitrogen and oxygen atoms in total. The van der Waals surface area contributed by atoms with Crippen molar-refractivity contribution in [1.29, 1.82) is 0 Å². The highest BCUT2D eigenvalue weighted by atomic mass is 32.3. The number of aryl methyl sites for hydroxylation is 1. The third-order valence-electron chi connectivity index (χ3n) is 2.52. The van der Waals surface area contributed by atoms with E-state index >= 15 is 0 Å². The minimum absolute atomic E-state index is 0.594. The fourth-order valence-electron chi connectivity index (χ4n) is 1.44. The Bertz CT molecular complexity index is 702. The summed E-state index contributed by atoms with van der Waals surface area (Å²) in [4.78, 5) is 0. The van der Waals surface area contributed by atoms with Gasteiger partial charge in [0, 0.05) is 0 Å². The van der Waals surface area contributed by atoms with Crippen LogP contribution in [0.1, 0.15) is 0 Å². The third kappa shape index (κ3) is 3.37. The van der Waals surface area contributed by atoms with E-state index in [9.17, 15) is 43.2 Å². The van der Waals surface area contributed by atoms with Gasteiger partial charge >= 0.3 is 11.0 Å². The van der Waals surface area contributed by atoms with Crippen molar-refractivity contribution >= 4 is 19.7 Å². The largest absolute Gasteiger partial charge is 0.498 e. The number of hydrogen-bond donors (Lipinski definition) is 0. The summed E-state index contributed by atoms with van der Waals surface area (Å²) in [7, 11) is -11.9. The van der Waals surface area contributed by atoms with E-state index < -0.39 is 41.8 Å². The molecule has 0 saturated heterocycles. The predicted molar refractivity (Wildman–Crippen MR) is 59.3 cm³/mol. The first-order valence-corrected chi connectivity index (χ1v) is 8.31. The summed E-state index contributed by atoms with van der Waals surface area (Å²) in [6, 6.07) is 0. The second-order valence-corrected chi connectivity index (χ2v) is 8.73. The predicted octanol–water partition coefficient (Wildman–Crippen LogP) is 0.508. The summed E-state index contributed by atoms with van der Waals surface area (Å²) in [5.74, 6) is 0. The molecule has 0 aliphatic heterocycles. The van der Waals surface area contributed by atoms with Crippen LogP contribution in [-0.2, 0) is 33.3 Å². The van der Waals surface area contributed by atoms with Crippen molar-refractivity contribution in [2.75, 3.05) is 0 Å². The van der Waals surface area contributed by atoms with Crippen LogP contribution in [0.4, 0.5) is 26.3 Å². The maximum Gasteiger partial charge on any atom is 0.498 e. The molecule has 0 aliphatic carbocycles. The fourth-order valence-corrected chi connectivity index (χ4v) is 4.76. The van der Waals surface area contributed by atoms with Crippen LogP contribution in [-0.4, -0.2) is 37.0 Å². The van der Waals surface area contributed by atoms with E-state index in [4.69, 9.17) is 0 Å². The lowest BCUT2D eigenvalue weighted by atomic mass is 10.7. The maximum atomic E-state index is 12.5. The minimum Gasteiger partial charge on any atom is -0.240 e. The monoisotopic (exact) mass is 375 g/mol. The molecule has 0 radical (unpaired) electrons. The molecule has 14 heteroatoms. The standard InChI is InChI=1S/C8H9F6N2O4S2/c1-15-2-3-16(5-15)4-6(21(17,18)7(9,10)11)22(19,20)8(12,13)14/h2-3,5-6H,4H2,1H3/q+1. The SMILES string of the molecule is C[n+]1ccn(CC(S(=O)(=O)C(F)(F)F)S(=O)(=O)C(F)(F)F)c1. The van der Waals surface area contributed by atoms with Gasteiger partial charge < -0.3 is 0 Å². The van der Waals surface area contributed by atoms with Gasteiger partial charge in [-0.25, -0.2) is 26.0 Å². The summed E-state index contributed by atoms with van der Waals surface area (Å²) in [5, 5.41) is 0. The lowest BCUT2D eigenvalue weighted by molar-refractivity contribution is -0.671. The molecule has 22 heavy (non-hydrogen) atoms. The molecule has 1 aromatic heterocycles. The first-order valence-electron chi connectivity index (χ1n) is 5.22. The van der Waals surface area contributed by atoms with E-state index in [1.165, 1.54) is 17.8 Å². The molecule has 0 atom stereocenters. The Kier molecular flexibility index (Phi) is 4.60. The first kappa shape index (κ1) is 18.7. The first-order chi connectivity index (χ1) is 9.60. The lowest BCUT2D eigenvalue weighted by Crippen LogP contribution is -2.47. The van der Waals surface area contributed by atoms with Gasteiger partial charge in [-0.1, -0.05) is 0 Å². The summed E-state index contributed by atoms with van der Waals surface area (Å²) < 4.78 is 118. The van der Waals surface area contributed by atoms with Crippen LogP contribution in [0.5, 0.6) is 0 Å². The van der Waals surface area contributed by atoms with Crippen LogP contribution >= 0.6 is 0 Å². The Balaban J connectivity index is 3.48. The molecule has 1 aromatic rings. The van der Waals surface area contributed by atoms with Crippen molar-refractivity contribution in [3.63, 3.8) is 0 Å². The molecule has 0 amide bonds. The van der Waals surface area contributed by atoms with Crippen LogP contribution in [0.2, 0.25) is 0 Å². The summed E-state index contributed by atoms with van der Waals surface area (Å²) in [5.41, 5.74) is -12.3. The number of imidazole rings is 1. The van der Waals surface area contributed by atoms with Gasteiger partial charge in [-0.15, -0.1) is 0 Å². The number of halogens is 6. The van der Waals surface area contributed by atoms with Gasteiger partial charge in [-0.3, -0.25) is 0 Å². The van der Waals surface area contributed by atoms with Crippen molar-refractivity contribution in [2.45, 2.75) is 22.1 Å². The number of nitrogens with zero attached hydrogens (tertiary/aromatic N) is 2. The number of alkyl halides is 6. The van der Waals surface area contributed by atoms with Crippen molar-refractivity contribution in [3.05, 3.63) is 18.7 Å². The van der Waals surface area contributed by atoms with Gasteiger partial charge in [-0.2, -0.15) is 26.3 Å². The Morgan fingerprint density at radius 2 is 1.41 bits per heavy atom. The number of aromatic nitrogens is 2. The Hall–Kier alpha value is -1.31. The van der Waals surface area contributed by atoms with E-state index in [1.54, 1.807) is 0 Å². The number of rotatable bonds is 4. The number of hydrogen-bond acceptors (Lipinski definition) is 4. The molecule has 0 saturated carbocycles. The summed E-state index contributed by atoms with van der Waals surface area (Å²) >= 11 is 0. The maximum absolute atomic E-state index is 12.5. The van der Waals surface area contributed by atoms with Gasteiger partial charge in [0.25, 0.3) is 19.7 Å². The van der Waals surface area contributed by atoms with Crippen molar-refractivity contribution in [1.82, 2.24) is 4.57 Å². The lowest BCUT2D eigenvalue weighted by Gasteiger charge is -2.19. The molecule has 0 fully saturated rings. The molecular weight excluding hydrogens is 366 g/mol. The van der Waals surface area contributed by atoms with Crippen LogP contribution < -0.4 is 4.57 Å². The zero-order valence-electron chi connectivity index (χ0n) is 10.6. The Morgan fingerprint density at radius 1 is 1.00 bits per heavy atom. The molecule has 0 N–H and O–H groups in total. The molecular formula is C8H9F6N2O4S2+. The second-order valence-electron chi connectivity index (χ2n) is 4.19. The van der Waals surface area contributed by atoms with Crippen molar-refractivity contribution in [2.24, 2.45) is 7.05 Å². The van der Waals surface area contributed by atoms with E-state index in [-0.39, 0.29) is 0 Å². The highest BCUT2D eigenvalue weighted by Crippen LogP contribution is 2.36. The Labute approximate surface area is 120 Å². The van der Waals surface area contributed by atoms with E-state index in [0.29, 0.717) is 4.57 Å². The average Bonchev–Trinajstić information content (AvgIpc) is 2.68. The Morgan fingerprint density at radius 3 is 1.68 bits per heavy atom. The topological polar surface area (TPSA) is 77.1 Å². The molecule has 1 rings (SSSR count). The molecule has 0 aromatic carbocycles. The van der Waals surface area contributed by atoms with Crippen molar-refractivity contribution in [3.8, 4) is 0 Å². The highest BCUT2D eigenvalue weighted by molar-refractivity contribution is 8.09. The van der Waals surface area contributed by atoms with Gasteiger partial charge in [-0.05, 0) is 0 Å². The summed E-state index contributed by atoms with van der Waals surface area (Å²) in [6.45, 7) is -1.55. The van der Waals surface area contributed by atoms with E-state index in [2.05, 4.69) is 0 Å². The molecule has 0 bridgehead atoms. The zero-order chi connectivity index (χ0) is 17.6. The van der Waals surface area contributed by atoms with E-state index in [1.807, 2.05) is 0 Å². The molecule has 1 heterocycles. The van der Waals surface area contributed by atoms with Gasteiger partial charge in [0.05, 0.1) is 7.05 Å². The zero-order valence-corrected chi connectivity index (χ0v) is 12.3. The second kappa shape index (κ2) is 5.40. The number of sulfone groups is 2. The highest BCUT2D eigenvalue weighted by Gasteiger charge is 2.63. The van der Waals surface area contributed by atoms with Gasteiger partial charge in [0.2, 0.25) is 10.9 Å².